The monoisotopic (exact) mass is 553 g/mol. The van der Waals surface area contributed by atoms with E-state index in [0.717, 1.165) is 5.56 Å². The molecule has 0 saturated carbocycles. The van der Waals surface area contributed by atoms with Gasteiger partial charge >= 0.3 is 19.3 Å². The van der Waals surface area contributed by atoms with Gasteiger partial charge in [-0.2, -0.15) is 5.26 Å². The molecule has 1 aromatic carbocycles. The van der Waals surface area contributed by atoms with Gasteiger partial charge in [-0.15, -0.1) is 0 Å². The molecule has 3 aliphatic heterocycles. The third-order valence-electron chi connectivity index (χ3n) is 7.68. The molecule has 0 unspecified atom stereocenters. The second kappa shape index (κ2) is 12.7. The van der Waals surface area contributed by atoms with Crippen LogP contribution in [0.25, 0.3) is 0 Å². The number of carbonyl (C=O) groups is 3. The highest BCUT2D eigenvalue weighted by atomic mass is 16.6. The summed E-state index contributed by atoms with van der Waals surface area (Å²) < 4.78 is 10.7. The van der Waals surface area contributed by atoms with Crippen LogP contribution in [0.15, 0.2) is 42.0 Å². The van der Waals surface area contributed by atoms with Crippen LogP contribution in [0, 0.1) is 11.3 Å². The predicted octanol–water partition coefficient (Wildman–Crippen LogP) is 0.692. The first-order chi connectivity index (χ1) is 19.1. The minimum atomic E-state index is -1.78. The molecule has 0 aromatic heterocycles. The Balaban J connectivity index is 1.34. The van der Waals surface area contributed by atoms with E-state index >= 15 is 0 Å². The van der Waals surface area contributed by atoms with E-state index in [9.17, 15) is 29.7 Å². The van der Waals surface area contributed by atoms with Gasteiger partial charge in [0, 0.05) is 31.7 Å². The van der Waals surface area contributed by atoms with Crippen molar-refractivity contribution in [2.75, 3.05) is 39.3 Å². The third-order valence-corrected chi connectivity index (χ3v) is 7.68. The van der Waals surface area contributed by atoms with Crippen LogP contribution in [0.1, 0.15) is 32.3 Å². The Hall–Kier alpha value is -3.60. The molecule has 3 N–H and O–H groups in total. The summed E-state index contributed by atoms with van der Waals surface area (Å²) in [4.78, 5) is 43.1. The van der Waals surface area contributed by atoms with Gasteiger partial charge in [-0.1, -0.05) is 30.3 Å². The molecule has 214 valence electrons. The topological polar surface area (TPSA) is 156 Å². The zero-order valence-electron chi connectivity index (χ0n) is 22.9. The second-order valence-corrected chi connectivity index (χ2v) is 11.0. The number of hydrogen-bond donors (Lipinski definition) is 3. The molecule has 3 saturated heterocycles. The van der Waals surface area contributed by atoms with Gasteiger partial charge in [0.1, 0.15) is 24.4 Å². The molecule has 3 aliphatic rings. The smallest absolute Gasteiger partial charge is 0.447 e. The first-order valence-corrected chi connectivity index (χ1v) is 13.5. The van der Waals surface area contributed by atoms with Crippen LogP contribution in [0.4, 0.5) is 9.59 Å². The highest BCUT2D eigenvalue weighted by Crippen LogP contribution is 2.26. The van der Waals surface area contributed by atoms with E-state index < -0.39 is 36.7 Å². The molecule has 0 spiro atoms. The quantitative estimate of drug-likeness (QED) is 0.240. The van der Waals surface area contributed by atoms with E-state index in [1.54, 1.807) is 11.0 Å². The maximum Gasteiger partial charge on any atom is 0.475 e. The number of likely N-dealkylation sites (tertiary alicyclic amines) is 1. The van der Waals surface area contributed by atoms with E-state index in [0.29, 0.717) is 45.6 Å². The zero-order chi connectivity index (χ0) is 28.9. The number of ether oxygens (including phenoxy) is 2. The van der Waals surface area contributed by atoms with E-state index in [1.165, 1.54) is 4.90 Å². The van der Waals surface area contributed by atoms with Crippen LogP contribution >= 0.6 is 0 Å². The van der Waals surface area contributed by atoms with Crippen LogP contribution in [0.2, 0.25) is 0 Å². The number of piperazine rings is 1. The summed E-state index contributed by atoms with van der Waals surface area (Å²) in [6.07, 6.45) is 1.27. The maximum absolute atomic E-state index is 13.3. The van der Waals surface area contributed by atoms with Crippen molar-refractivity contribution in [1.82, 2.24) is 20.0 Å². The fourth-order valence-corrected chi connectivity index (χ4v) is 5.42. The van der Waals surface area contributed by atoms with Crippen LogP contribution in [0.5, 0.6) is 0 Å². The van der Waals surface area contributed by atoms with Crippen LogP contribution in [-0.2, 0) is 20.7 Å². The molecule has 3 amide bonds. The van der Waals surface area contributed by atoms with Crippen molar-refractivity contribution >= 4 is 25.2 Å². The van der Waals surface area contributed by atoms with E-state index in [4.69, 9.17) is 9.47 Å². The number of nitrogens with one attached hydrogen (secondary N) is 1. The summed E-state index contributed by atoms with van der Waals surface area (Å²) in [5.41, 5.74) is 0.201. The fourth-order valence-electron chi connectivity index (χ4n) is 5.42. The summed E-state index contributed by atoms with van der Waals surface area (Å²) in [5.74, 6) is -1.41. The standard InChI is InChI=1S/C27H36BN5O7/c1-27(2,32-11-12-33-21(16-32)18-39-26(33)36)14-20(15-29)24(34)31-10-6-9-22(17-31)40-25(35)30-23(28(37)38)13-19-7-4-3-5-8-19/h3-5,7-8,14,21-23,37-38H,6,9-13,16-18H2,1-2H3,(H,30,35)/b20-14+/t21-,22+,23+/m1/s1. The summed E-state index contributed by atoms with van der Waals surface area (Å²) >= 11 is 0. The lowest BCUT2D eigenvalue weighted by Crippen LogP contribution is -2.58. The Kier molecular flexibility index (Phi) is 9.34. The molecular formula is C27H36BN5O7. The molecule has 0 aliphatic carbocycles. The van der Waals surface area contributed by atoms with Gasteiger partial charge in [0.2, 0.25) is 0 Å². The van der Waals surface area contributed by atoms with E-state index in [-0.39, 0.29) is 30.7 Å². The minimum Gasteiger partial charge on any atom is -0.447 e. The molecule has 0 bridgehead atoms. The number of amides is 3. The number of fused-ring (bicyclic) bond motifs is 1. The lowest BCUT2D eigenvalue weighted by molar-refractivity contribution is -0.129. The van der Waals surface area contributed by atoms with Crippen molar-refractivity contribution in [3.05, 3.63) is 47.5 Å². The normalized spacial score (nSPS) is 22.6. The van der Waals surface area contributed by atoms with Gasteiger partial charge in [-0.05, 0) is 44.7 Å². The van der Waals surface area contributed by atoms with Crippen LogP contribution in [0.3, 0.4) is 0 Å². The molecule has 13 heteroatoms. The van der Waals surface area contributed by atoms with Gasteiger partial charge in [0.05, 0.1) is 18.5 Å². The van der Waals surface area contributed by atoms with Gasteiger partial charge in [0.15, 0.2) is 0 Å². The van der Waals surface area contributed by atoms with Crippen LogP contribution in [-0.4, -0.2) is 113 Å². The van der Waals surface area contributed by atoms with Crippen molar-refractivity contribution in [1.29, 1.82) is 5.26 Å². The Bertz CT molecular complexity index is 1160. The lowest BCUT2D eigenvalue weighted by Gasteiger charge is -2.43. The van der Waals surface area contributed by atoms with Crippen molar-refractivity contribution in [3.8, 4) is 6.07 Å². The molecule has 3 heterocycles. The first kappa shape index (κ1) is 29.4. The Labute approximate surface area is 234 Å². The summed E-state index contributed by atoms with van der Waals surface area (Å²) in [6, 6.07) is 11.1. The van der Waals surface area contributed by atoms with Gasteiger partial charge in [0.25, 0.3) is 5.91 Å². The number of benzene rings is 1. The fraction of sp³-hybridized carbons (Fsp3) is 0.556. The van der Waals surface area contributed by atoms with Gasteiger partial charge in [-0.3, -0.25) is 14.6 Å². The summed E-state index contributed by atoms with van der Waals surface area (Å²) in [7, 11) is -1.78. The molecule has 1 aromatic rings. The first-order valence-electron chi connectivity index (χ1n) is 13.5. The molecule has 0 radical (unpaired) electrons. The summed E-state index contributed by atoms with van der Waals surface area (Å²) in [5, 5.41) is 31.9. The second-order valence-electron chi connectivity index (χ2n) is 11.0. The Morgan fingerprint density at radius 3 is 2.70 bits per heavy atom. The third kappa shape index (κ3) is 7.13. The van der Waals surface area contributed by atoms with Crippen molar-refractivity contribution < 1.29 is 33.9 Å². The number of piperidine rings is 1. The van der Waals surface area contributed by atoms with Gasteiger partial charge < -0.3 is 29.7 Å². The van der Waals surface area contributed by atoms with Crippen molar-refractivity contribution in [3.63, 3.8) is 0 Å². The minimum absolute atomic E-state index is 0.00241. The molecule has 3 atom stereocenters. The SMILES string of the molecule is CC(C)(/C=C(\C#N)C(=O)N1CCC[C@H](OC(=O)N[C@@H](Cc2ccccc2)B(O)O)C1)N1CCN2C(=O)OC[C@H]2C1. The Morgan fingerprint density at radius 2 is 2.00 bits per heavy atom. The Morgan fingerprint density at radius 1 is 1.25 bits per heavy atom. The van der Waals surface area contributed by atoms with Crippen molar-refractivity contribution in [2.24, 2.45) is 0 Å². The summed E-state index contributed by atoms with van der Waals surface area (Å²) in [6.45, 7) is 6.41. The largest absolute Gasteiger partial charge is 0.475 e. The number of carbonyl (C=O) groups excluding carboxylic acids is 3. The molecule has 3 fully saturated rings. The predicted molar refractivity (Wildman–Crippen MR) is 145 cm³/mol. The average molecular weight is 553 g/mol. The molecule has 12 nitrogen and oxygen atoms in total. The highest BCUT2D eigenvalue weighted by Gasteiger charge is 2.41. The highest BCUT2D eigenvalue weighted by molar-refractivity contribution is 6.43. The van der Waals surface area contributed by atoms with E-state index in [2.05, 4.69) is 10.2 Å². The number of alkyl carbamates (subject to hydrolysis) is 1. The number of rotatable bonds is 8. The zero-order valence-corrected chi connectivity index (χ0v) is 22.9. The number of hydrogen-bond acceptors (Lipinski definition) is 9. The van der Waals surface area contributed by atoms with Crippen molar-refractivity contribution in [2.45, 2.75) is 56.7 Å². The van der Waals surface area contributed by atoms with E-state index in [1.807, 2.05) is 50.2 Å². The molecule has 40 heavy (non-hydrogen) atoms. The van der Waals surface area contributed by atoms with Crippen LogP contribution < -0.4 is 5.32 Å². The average Bonchev–Trinajstić information content (AvgIpc) is 3.31. The number of cyclic esters (lactones) is 1. The van der Waals surface area contributed by atoms with Gasteiger partial charge in [-0.25, -0.2) is 9.59 Å². The lowest BCUT2D eigenvalue weighted by atomic mass is 9.76. The molecular weight excluding hydrogens is 517 g/mol. The molecule has 4 rings (SSSR count). The maximum atomic E-state index is 13.3. The number of nitrogens with zero attached hydrogens (tertiary/aromatic N) is 4. The number of nitriles is 1.